The number of hydrogen-bond donors (Lipinski definition) is 0. The van der Waals surface area contributed by atoms with Gasteiger partial charge in [-0.15, -0.1) is 0 Å². The third-order valence-corrected chi connectivity index (χ3v) is 3.50. The van der Waals surface area contributed by atoms with Crippen LogP contribution in [0.2, 0.25) is 0 Å². The van der Waals surface area contributed by atoms with Crippen LogP contribution in [0.5, 0.6) is 0 Å². The van der Waals surface area contributed by atoms with Gasteiger partial charge in [-0.2, -0.15) is 0 Å². The topological polar surface area (TPSA) is 27.1 Å². The van der Waals surface area contributed by atoms with Crippen molar-refractivity contribution >= 4 is 5.70 Å². The molecule has 0 unspecified atom stereocenters. The van der Waals surface area contributed by atoms with Gasteiger partial charge in [-0.25, -0.2) is 4.98 Å². The summed E-state index contributed by atoms with van der Waals surface area (Å²) in [5, 5.41) is 0. The number of hydrogen-bond acceptors (Lipinski definition) is 2. The van der Waals surface area contributed by atoms with Crippen molar-refractivity contribution in [3.8, 4) is 0 Å². The first-order chi connectivity index (χ1) is 9.34. The Balaban J connectivity index is 0.000000956. The zero-order valence-corrected chi connectivity index (χ0v) is 14.3. The Labute approximate surface area is 124 Å². The molecular formula is C17H30N2O. The molecule has 0 atom stereocenters. The Kier molecular flexibility index (Phi) is 5.43. The zero-order valence-electron chi connectivity index (χ0n) is 14.3. The van der Waals surface area contributed by atoms with E-state index < -0.39 is 0 Å². The molecule has 2 rings (SSSR count). The lowest BCUT2D eigenvalue weighted by Crippen LogP contribution is -2.25. The van der Waals surface area contributed by atoms with Gasteiger partial charge in [-0.1, -0.05) is 55.4 Å². The summed E-state index contributed by atoms with van der Waals surface area (Å²) < 4.78 is 8.35. The van der Waals surface area contributed by atoms with Crippen molar-refractivity contribution in [2.45, 2.75) is 60.8 Å². The van der Waals surface area contributed by atoms with Crippen molar-refractivity contribution in [1.29, 1.82) is 0 Å². The normalized spacial score (nSPS) is 17.3. The van der Waals surface area contributed by atoms with Gasteiger partial charge in [0.15, 0.2) is 0 Å². The van der Waals surface area contributed by atoms with E-state index in [1.165, 1.54) is 11.4 Å². The fraction of sp³-hybridized carbons (Fsp3) is 0.706. The van der Waals surface area contributed by atoms with Crippen LogP contribution in [-0.4, -0.2) is 16.2 Å². The van der Waals surface area contributed by atoms with Gasteiger partial charge in [0.2, 0.25) is 0 Å². The summed E-state index contributed by atoms with van der Waals surface area (Å²) in [6, 6.07) is 0. The van der Waals surface area contributed by atoms with Crippen LogP contribution in [0.25, 0.3) is 5.70 Å². The number of nitrogens with zero attached hydrogens (tertiary/aromatic N) is 2. The van der Waals surface area contributed by atoms with Gasteiger partial charge >= 0.3 is 0 Å². The monoisotopic (exact) mass is 278 g/mol. The van der Waals surface area contributed by atoms with Crippen molar-refractivity contribution in [2.75, 3.05) is 6.61 Å². The Morgan fingerprint density at radius 1 is 1.15 bits per heavy atom. The van der Waals surface area contributed by atoms with Crippen LogP contribution in [0, 0.1) is 11.8 Å². The van der Waals surface area contributed by atoms with Crippen LogP contribution < -0.4 is 0 Å². The quantitative estimate of drug-likeness (QED) is 0.784. The van der Waals surface area contributed by atoms with Crippen LogP contribution >= 0.6 is 0 Å². The van der Waals surface area contributed by atoms with E-state index in [4.69, 9.17) is 4.74 Å². The minimum absolute atomic E-state index is 0.00667. The maximum atomic E-state index is 6.13. The molecule has 3 nitrogen and oxygen atoms in total. The van der Waals surface area contributed by atoms with E-state index in [9.17, 15) is 0 Å². The molecule has 0 aromatic carbocycles. The molecule has 3 heteroatoms. The molecule has 0 spiro atoms. The summed E-state index contributed by atoms with van der Waals surface area (Å²) in [5.74, 6) is 1.92. The average molecular weight is 278 g/mol. The molecule has 2 heterocycles. The fourth-order valence-electron chi connectivity index (χ4n) is 2.54. The summed E-state index contributed by atoms with van der Waals surface area (Å²) >= 11 is 0. The first kappa shape index (κ1) is 16.8. The van der Waals surface area contributed by atoms with Gasteiger partial charge in [0.05, 0.1) is 24.3 Å². The predicted octanol–water partition coefficient (Wildman–Crippen LogP) is 4.70. The molecule has 0 saturated carbocycles. The standard InChI is InChI=1S/C15H24N2O.C2H6/c1-10(2)13-14(11(3)4)18-8-15(5,6)12-7-16-9-17(12)13;1-2/h7,9-11H,8H2,1-6H3;1-2H3. The number of allylic oxidation sites excluding steroid dienone is 2. The molecule has 1 aromatic heterocycles. The molecule has 0 saturated heterocycles. The van der Waals surface area contributed by atoms with E-state index >= 15 is 0 Å². The summed E-state index contributed by atoms with van der Waals surface area (Å²) in [6.07, 6.45) is 3.89. The fourth-order valence-corrected chi connectivity index (χ4v) is 2.54. The van der Waals surface area contributed by atoms with E-state index in [0.717, 1.165) is 5.76 Å². The molecule has 0 bridgehead atoms. The van der Waals surface area contributed by atoms with Gasteiger partial charge in [-0.05, 0) is 5.92 Å². The maximum Gasteiger partial charge on any atom is 0.119 e. The lowest BCUT2D eigenvalue weighted by atomic mass is 9.90. The van der Waals surface area contributed by atoms with E-state index in [0.29, 0.717) is 18.4 Å². The number of ether oxygens (including phenoxy) is 1. The number of imidazole rings is 1. The second-order valence-corrected chi connectivity index (χ2v) is 6.38. The van der Waals surface area contributed by atoms with E-state index in [-0.39, 0.29) is 5.41 Å². The first-order valence-corrected chi connectivity index (χ1v) is 7.74. The second-order valence-electron chi connectivity index (χ2n) is 6.38. The summed E-state index contributed by atoms with van der Waals surface area (Å²) in [6.45, 7) is 17.9. The summed E-state index contributed by atoms with van der Waals surface area (Å²) in [7, 11) is 0. The number of fused-ring (bicyclic) bond motifs is 1. The third kappa shape index (κ3) is 3.08. The van der Waals surface area contributed by atoms with Gasteiger partial charge in [-0.3, -0.25) is 0 Å². The van der Waals surface area contributed by atoms with Gasteiger partial charge in [0, 0.05) is 17.5 Å². The SMILES string of the molecule is CC.CC(C)C1=C(C(C)C)n2cncc2C(C)(C)CO1. The van der Waals surface area contributed by atoms with Crippen molar-refractivity contribution in [2.24, 2.45) is 11.8 Å². The molecule has 1 aliphatic rings. The van der Waals surface area contributed by atoms with Crippen LogP contribution in [0.1, 0.15) is 61.1 Å². The molecule has 0 fully saturated rings. The molecule has 0 aliphatic carbocycles. The van der Waals surface area contributed by atoms with Crippen LogP contribution in [0.4, 0.5) is 0 Å². The minimum atomic E-state index is -0.00667. The number of rotatable bonds is 2. The van der Waals surface area contributed by atoms with Gasteiger partial charge in [0.1, 0.15) is 5.76 Å². The zero-order chi connectivity index (χ0) is 15.5. The average Bonchev–Trinajstić information content (AvgIpc) is 2.81. The van der Waals surface area contributed by atoms with E-state index in [2.05, 4.69) is 51.1 Å². The number of aromatic nitrogens is 2. The lowest BCUT2D eigenvalue weighted by Gasteiger charge is -2.23. The minimum Gasteiger partial charge on any atom is -0.495 e. The molecule has 20 heavy (non-hydrogen) atoms. The molecular weight excluding hydrogens is 248 g/mol. The summed E-state index contributed by atoms with van der Waals surface area (Å²) in [5.41, 5.74) is 2.48. The Hall–Kier alpha value is -1.25. The van der Waals surface area contributed by atoms with Crippen molar-refractivity contribution in [3.05, 3.63) is 24.0 Å². The molecule has 1 aromatic rings. The third-order valence-electron chi connectivity index (χ3n) is 3.50. The van der Waals surface area contributed by atoms with Crippen molar-refractivity contribution in [3.63, 3.8) is 0 Å². The lowest BCUT2D eigenvalue weighted by molar-refractivity contribution is 0.142. The van der Waals surface area contributed by atoms with Crippen molar-refractivity contribution in [1.82, 2.24) is 9.55 Å². The molecule has 0 radical (unpaired) electrons. The predicted molar refractivity (Wildman–Crippen MR) is 85.4 cm³/mol. The Morgan fingerprint density at radius 2 is 1.75 bits per heavy atom. The van der Waals surface area contributed by atoms with Crippen molar-refractivity contribution < 1.29 is 4.74 Å². The Bertz CT molecular complexity index is 467. The second kappa shape index (κ2) is 6.47. The highest BCUT2D eigenvalue weighted by Crippen LogP contribution is 2.36. The molecule has 0 amide bonds. The smallest absolute Gasteiger partial charge is 0.119 e. The highest BCUT2D eigenvalue weighted by Gasteiger charge is 2.32. The van der Waals surface area contributed by atoms with Crippen LogP contribution in [0.15, 0.2) is 18.3 Å². The van der Waals surface area contributed by atoms with Gasteiger partial charge in [0.25, 0.3) is 0 Å². The van der Waals surface area contributed by atoms with Crippen LogP contribution in [0.3, 0.4) is 0 Å². The van der Waals surface area contributed by atoms with E-state index in [1.54, 1.807) is 0 Å². The highest BCUT2D eigenvalue weighted by atomic mass is 16.5. The molecule has 114 valence electrons. The van der Waals surface area contributed by atoms with Gasteiger partial charge < -0.3 is 9.30 Å². The first-order valence-electron chi connectivity index (χ1n) is 7.74. The van der Waals surface area contributed by atoms with E-state index in [1.807, 2.05) is 26.4 Å². The molecule has 1 aliphatic heterocycles. The summed E-state index contributed by atoms with van der Waals surface area (Å²) in [4.78, 5) is 4.34. The molecule has 0 N–H and O–H groups in total. The largest absolute Gasteiger partial charge is 0.495 e. The Morgan fingerprint density at radius 3 is 2.25 bits per heavy atom. The maximum absolute atomic E-state index is 6.13. The van der Waals surface area contributed by atoms with Crippen LogP contribution in [-0.2, 0) is 10.2 Å². The highest BCUT2D eigenvalue weighted by molar-refractivity contribution is 5.53.